The van der Waals surface area contributed by atoms with E-state index in [1.165, 1.54) is 18.4 Å². The van der Waals surface area contributed by atoms with Crippen molar-refractivity contribution in [3.8, 4) is 0 Å². The highest BCUT2D eigenvalue weighted by Gasteiger charge is 2.11. The minimum absolute atomic E-state index is 0.0387. The van der Waals surface area contributed by atoms with Crippen LogP contribution < -0.4 is 5.73 Å². The van der Waals surface area contributed by atoms with Crippen molar-refractivity contribution in [2.24, 2.45) is 0 Å². The SMILES string of the molecule is CCCCc1ccc(C(=O)c2cc(N)ccc2C)cc1. The molecule has 2 aromatic rings. The zero-order chi connectivity index (χ0) is 14.5. The zero-order valence-corrected chi connectivity index (χ0v) is 12.1. The Hall–Kier alpha value is -2.09. The van der Waals surface area contributed by atoms with Gasteiger partial charge in [-0.1, -0.05) is 43.7 Å². The molecule has 2 heteroatoms. The number of anilines is 1. The van der Waals surface area contributed by atoms with Crippen molar-refractivity contribution in [2.45, 2.75) is 33.1 Å². The third kappa shape index (κ3) is 3.27. The lowest BCUT2D eigenvalue weighted by molar-refractivity contribution is 0.103. The summed E-state index contributed by atoms with van der Waals surface area (Å²) in [5.74, 6) is 0.0387. The molecule has 2 aromatic carbocycles. The van der Waals surface area contributed by atoms with Gasteiger partial charge in [-0.25, -0.2) is 0 Å². The van der Waals surface area contributed by atoms with Crippen molar-refractivity contribution in [2.75, 3.05) is 5.73 Å². The number of carbonyl (C=O) groups excluding carboxylic acids is 1. The Bertz CT molecular complexity index is 599. The van der Waals surface area contributed by atoms with E-state index in [4.69, 9.17) is 5.73 Å². The van der Waals surface area contributed by atoms with Gasteiger partial charge in [0.15, 0.2) is 5.78 Å². The fourth-order valence-electron chi connectivity index (χ4n) is 2.24. The van der Waals surface area contributed by atoms with Gasteiger partial charge in [-0.15, -0.1) is 0 Å². The standard InChI is InChI=1S/C18H21NO/c1-3-4-5-14-7-9-15(10-8-14)18(20)17-12-16(19)11-6-13(17)2/h6-12H,3-5,19H2,1-2H3. The van der Waals surface area contributed by atoms with Crippen LogP contribution in [0.5, 0.6) is 0 Å². The number of benzene rings is 2. The second-order valence-corrected chi connectivity index (χ2v) is 5.20. The molecule has 0 spiro atoms. The van der Waals surface area contributed by atoms with Crippen molar-refractivity contribution in [3.05, 3.63) is 64.7 Å². The van der Waals surface area contributed by atoms with Gasteiger partial charge < -0.3 is 5.73 Å². The summed E-state index contributed by atoms with van der Waals surface area (Å²) >= 11 is 0. The Kier molecular flexibility index (Phi) is 4.57. The van der Waals surface area contributed by atoms with Crippen LogP contribution >= 0.6 is 0 Å². The smallest absolute Gasteiger partial charge is 0.193 e. The van der Waals surface area contributed by atoms with Gasteiger partial charge in [0, 0.05) is 16.8 Å². The zero-order valence-electron chi connectivity index (χ0n) is 12.1. The number of rotatable bonds is 5. The predicted molar refractivity (Wildman–Crippen MR) is 84.1 cm³/mol. The molecule has 0 atom stereocenters. The Balaban J connectivity index is 2.22. The topological polar surface area (TPSA) is 43.1 Å². The number of hydrogen-bond donors (Lipinski definition) is 1. The predicted octanol–water partition coefficient (Wildman–Crippen LogP) is 4.15. The maximum absolute atomic E-state index is 12.5. The Labute approximate surface area is 120 Å². The lowest BCUT2D eigenvalue weighted by Gasteiger charge is -2.07. The average molecular weight is 267 g/mol. The van der Waals surface area contributed by atoms with E-state index >= 15 is 0 Å². The molecule has 20 heavy (non-hydrogen) atoms. The molecule has 0 bridgehead atoms. The highest BCUT2D eigenvalue weighted by atomic mass is 16.1. The molecule has 2 nitrogen and oxygen atoms in total. The first-order valence-corrected chi connectivity index (χ1v) is 7.11. The van der Waals surface area contributed by atoms with Gasteiger partial charge in [-0.3, -0.25) is 4.79 Å². The summed E-state index contributed by atoms with van der Waals surface area (Å²) in [5.41, 5.74) is 10.0. The van der Waals surface area contributed by atoms with Gasteiger partial charge in [0.25, 0.3) is 0 Å². The molecule has 0 fully saturated rings. The summed E-state index contributed by atoms with van der Waals surface area (Å²) in [6, 6.07) is 13.4. The van der Waals surface area contributed by atoms with E-state index in [0.717, 1.165) is 17.5 Å². The molecule has 2 rings (SSSR count). The van der Waals surface area contributed by atoms with Crippen molar-refractivity contribution < 1.29 is 4.79 Å². The van der Waals surface area contributed by atoms with Crippen LogP contribution in [-0.2, 0) is 6.42 Å². The average Bonchev–Trinajstić information content (AvgIpc) is 2.47. The lowest BCUT2D eigenvalue weighted by atomic mass is 9.97. The quantitative estimate of drug-likeness (QED) is 0.653. The van der Waals surface area contributed by atoms with Crippen LogP contribution in [0, 0.1) is 6.92 Å². The van der Waals surface area contributed by atoms with Crippen LogP contribution in [0.4, 0.5) is 5.69 Å². The molecule has 0 radical (unpaired) electrons. The van der Waals surface area contributed by atoms with Crippen LogP contribution in [0.1, 0.15) is 46.8 Å². The summed E-state index contributed by atoms with van der Waals surface area (Å²) in [6.45, 7) is 4.11. The normalized spacial score (nSPS) is 10.5. The molecule has 0 unspecified atom stereocenters. The van der Waals surface area contributed by atoms with E-state index in [1.807, 2.05) is 43.3 Å². The maximum atomic E-state index is 12.5. The van der Waals surface area contributed by atoms with E-state index in [1.54, 1.807) is 6.07 Å². The van der Waals surface area contributed by atoms with E-state index in [0.29, 0.717) is 11.3 Å². The summed E-state index contributed by atoms with van der Waals surface area (Å²) in [6.07, 6.45) is 3.44. The molecule has 0 saturated heterocycles. The largest absolute Gasteiger partial charge is 0.399 e. The summed E-state index contributed by atoms with van der Waals surface area (Å²) in [4.78, 5) is 12.5. The van der Waals surface area contributed by atoms with Crippen LogP contribution in [-0.4, -0.2) is 5.78 Å². The van der Waals surface area contributed by atoms with Crippen LogP contribution in [0.2, 0.25) is 0 Å². The van der Waals surface area contributed by atoms with Crippen LogP contribution in [0.3, 0.4) is 0 Å². The Morgan fingerprint density at radius 3 is 2.45 bits per heavy atom. The second-order valence-electron chi connectivity index (χ2n) is 5.20. The number of ketones is 1. The van der Waals surface area contributed by atoms with Crippen molar-refractivity contribution in [1.29, 1.82) is 0 Å². The third-order valence-corrected chi connectivity index (χ3v) is 3.54. The highest BCUT2D eigenvalue weighted by molar-refractivity contribution is 6.10. The molecular weight excluding hydrogens is 246 g/mol. The lowest BCUT2D eigenvalue weighted by Crippen LogP contribution is -2.04. The molecule has 2 N–H and O–H groups in total. The summed E-state index contributed by atoms with van der Waals surface area (Å²) in [5, 5.41) is 0. The number of hydrogen-bond acceptors (Lipinski definition) is 2. The fourth-order valence-corrected chi connectivity index (χ4v) is 2.24. The Morgan fingerprint density at radius 2 is 1.80 bits per heavy atom. The number of aryl methyl sites for hydroxylation is 2. The van der Waals surface area contributed by atoms with E-state index in [2.05, 4.69) is 6.92 Å². The molecule has 0 amide bonds. The summed E-state index contributed by atoms with van der Waals surface area (Å²) in [7, 11) is 0. The van der Waals surface area contributed by atoms with E-state index in [-0.39, 0.29) is 5.78 Å². The first-order chi connectivity index (χ1) is 9.61. The van der Waals surface area contributed by atoms with Gasteiger partial charge in [-0.05, 0) is 43.0 Å². The van der Waals surface area contributed by atoms with Crippen molar-refractivity contribution in [3.63, 3.8) is 0 Å². The van der Waals surface area contributed by atoms with Crippen molar-refractivity contribution in [1.82, 2.24) is 0 Å². The molecule has 0 aliphatic carbocycles. The maximum Gasteiger partial charge on any atom is 0.193 e. The van der Waals surface area contributed by atoms with Crippen LogP contribution in [0.15, 0.2) is 42.5 Å². The molecule has 0 aliphatic heterocycles. The number of nitrogens with two attached hydrogens (primary N) is 1. The molecule has 0 aromatic heterocycles. The number of nitrogen functional groups attached to an aromatic ring is 1. The third-order valence-electron chi connectivity index (χ3n) is 3.54. The van der Waals surface area contributed by atoms with Crippen molar-refractivity contribution >= 4 is 11.5 Å². The monoisotopic (exact) mass is 267 g/mol. The highest BCUT2D eigenvalue weighted by Crippen LogP contribution is 2.18. The van der Waals surface area contributed by atoms with Gasteiger partial charge in [0.05, 0.1) is 0 Å². The molecular formula is C18H21NO. The molecule has 0 aliphatic rings. The number of unbranched alkanes of at least 4 members (excludes halogenated alkanes) is 1. The summed E-state index contributed by atoms with van der Waals surface area (Å²) < 4.78 is 0. The first-order valence-electron chi connectivity index (χ1n) is 7.11. The van der Waals surface area contributed by atoms with E-state index < -0.39 is 0 Å². The van der Waals surface area contributed by atoms with E-state index in [9.17, 15) is 4.79 Å². The molecule has 104 valence electrons. The fraction of sp³-hybridized carbons (Fsp3) is 0.278. The molecule has 0 saturated carbocycles. The van der Waals surface area contributed by atoms with Gasteiger partial charge in [0.1, 0.15) is 0 Å². The van der Waals surface area contributed by atoms with Gasteiger partial charge in [0.2, 0.25) is 0 Å². The first kappa shape index (κ1) is 14.3. The minimum atomic E-state index is 0.0387. The Morgan fingerprint density at radius 1 is 1.10 bits per heavy atom. The minimum Gasteiger partial charge on any atom is -0.399 e. The second kappa shape index (κ2) is 6.38. The van der Waals surface area contributed by atoms with Gasteiger partial charge in [-0.2, -0.15) is 0 Å². The van der Waals surface area contributed by atoms with Gasteiger partial charge >= 0.3 is 0 Å². The molecule has 0 heterocycles. The van der Waals surface area contributed by atoms with Crippen LogP contribution in [0.25, 0.3) is 0 Å². The number of carbonyl (C=O) groups is 1.